The summed E-state index contributed by atoms with van der Waals surface area (Å²) in [6.45, 7) is 5.02. The van der Waals surface area contributed by atoms with Gasteiger partial charge in [0.2, 0.25) is 11.8 Å². The molecule has 2 aliphatic heterocycles. The fraction of sp³-hybridized carbons (Fsp3) is 0.478. The second-order valence-electron chi connectivity index (χ2n) is 8.09. The zero-order valence-electron chi connectivity index (χ0n) is 17.8. The Bertz CT molecular complexity index is 855. The van der Waals surface area contributed by atoms with Crippen LogP contribution in [-0.4, -0.2) is 72.5 Å². The normalized spacial score (nSPS) is 19.2. The van der Waals surface area contributed by atoms with Gasteiger partial charge in [-0.1, -0.05) is 18.2 Å². The average Bonchev–Trinajstić information content (AvgIpc) is 2.85. The summed E-state index contributed by atoms with van der Waals surface area (Å²) >= 11 is 0. The minimum atomic E-state index is -0.0831. The summed E-state index contributed by atoms with van der Waals surface area (Å²) in [7, 11) is 0. The predicted molar refractivity (Wildman–Crippen MR) is 120 cm³/mol. The summed E-state index contributed by atoms with van der Waals surface area (Å²) in [6, 6.07) is 10.3. The molecule has 0 spiro atoms. The van der Waals surface area contributed by atoms with E-state index in [0.29, 0.717) is 19.5 Å². The zero-order chi connectivity index (χ0) is 21.5. The second kappa shape index (κ2) is 10.2. The van der Waals surface area contributed by atoms with Gasteiger partial charge in [0.1, 0.15) is 5.82 Å². The van der Waals surface area contributed by atoms with E-state index in [1.54, 1.807) is 18.6 Å². The van der Waals surface area contributed by atoms with Gasteiger partial charge in [-0.3, -0.25) is 14.6 Å². The van der Waals surface area contributed by atoms with Gasteiger partial charge >= 0.3 is 0 Å². The Morgan fingerprint density at radius 1 is 1.00 bits per heavy atom. The van der Waals surface area contributed by atoms with Gasteiger partial charge < -0.3 is 20.0 Å². The summed E-state index contributed by atoms with van der Waals surface area (Å²) in [5, 5.41) is 2.97. The van der Waals surface area contributed by atoms with Crippen LogP contribution in [0.5, 0.6) is 0 Å². The van der Waals surface area contributed by atoms with Crippen LogP contribution >= 0.6 is 0 Å². The first kappa shape index (κ1) is 21.1. The largest absolute Gasteiger partial charge is 0.368 e. The van der Waals surface area contributed by atoms with E-state index in [9.17, 15) is 9.59 Å². The molecule has 0 bridgehead atoms. The minimum absolute atomic E-state index is 0.0234. The van der Waals surface area contributed by atoms with Gasteiger partial charge in [-0.2, -0.15) is 0 Å². The molecule has 0 radical (unpaired) electrons. The number of para-hydroxylation sites is 1. The van der Waals surface area contributed by atoms with Crippen LogP contribution in [0.4, 0.5) is 11.5 Å². The number of rotatable bonds is 6. The molecule has 1 aromatic heterocycles. The Morgan fingerprint density at radius 3 is 2.55 bits per heavy atom. The molecule has 4 rings (SSSR count). The van der Waals surface area contributed by atoms with E-state index < -0.39 is 0 Å². The van der Waals surface area contributed by atoms with Crippen LogP contribution in [-0.2, 0) is 9.59 Å². The molecule has 1 atom stereocenters. The predicted octanol–water partition coefficient (Wildman–Crippen LogP) is 1.55. The second-order valence-corrected chi connectivity index (χ2v) is 8.09. The van der Waals surface area contributed by atoms with E-state index in [0.717, 1.165) is 51.4 Å². The number of anilines is 2. The van der Waals surface area contributed by atoms with Gasteiger partial charge in [0.05, 0.1) is 12.1 Å². The van der Waals surface area contributed by atoms with Crippen LogP contribution in [0.1, 0.15) is 19.3 Å². The van der Waals surface area contributed by atoms with Crippen molar-refractivity contribution in [2.75, 3.05) is 55.6 Å². The van der Waals surface area contributed by atoms with Gasteiger partial charge in [-0.05, 0) is 25.0 Å². The molecule has 1 aromatic carbocycles. The molecule has 8 heteroatoms. The van der Waals surface area contributed by atoms with Crippen LogP contribution < -0.4 is 15.1 Å². The third-order valence-electron chi connectivity index (χ3n) is 6.06. The summed E-state index contributed by atoms with van der Waals surface area (Å²) in [6.07, 6.45) is 7.20. The number of aromatic nitrogens is 2. The first-order chi connectivity index (χ1) is 15.2. The average molecular weight is 423 g/mol. The highest BCUT2D eigenvalue weighted by Crippen LogP contribution is 2.21. The van der Waals surface area contributed by atoms with Gasteiger partial charge in [0.25, 0.3) is 0 Å². The Balaban J connectivity index is 1.18. The van der Waals surface area contributed by atoms with E-state index in [1.165, 1.54) is 5.69 Å². The maximum absolute atomic E-state index is 12.6. The fourth-order valence-electron chi connectivity index (χ4n) is 4.30. The van der Waals surface area contributed by atoms with Crippen molar-refractivity contribution in [3.8, 4) is 0 Å². The third kappa shape index (κ3) is 5.51. The van der Waals surface area contributed by atoms with Crippen LogP contribution in [0.2, 0.25) is 0 Å². The van der Waals surface area contributed by atoms with E-state index in [4.69, 9.17) is 0 Å². The monoisotopic (exact) mass is 422 g/mol. The van der Waals surface area contributed by atoms with Gasteiger partial charge in [0, 0.05) is 70.3 Å². The van der Waals surface area contributed by atoms with E-state index in [-0.39, 0.29) is 17.7 Å². The molecule has 8 nitrogen and oxygen atoms in total. The quantitative estimate of drug-likeness (QED) is 0.761. The molecule has 2 saturated heterocycles. The molecule has 164 valence electrons. The summed E-state index contributed by atoms with van der Waals surface area (Å²) in [4.78, 5) is 40.0. The smallest absolute Gasteiger partial charge is 0.224 e. The number of hydrogen-bond donors (Lipinski definition) is 1. The molecule has 2 aromatic rings. The van der Waals surface area contributed by atoms with Gasteiger partial charge in [-0.25, -0.2) is 4.98 Å². The molecular weight excluding hydrogens is 392 g/mol. The Kier molecular flexibility index (Phi) is 6.96. The number of carbonyl (C=O) groups is 2. The lowest BCUT2D eigenvalue weighted by molar-refractivity contribution is -0.131. The van der Waals surface area contributed by atoms with Crippen LogP contribution in [0.3, 0.4) is 0 Å². The molecule has 2 aliphatic rings. The van der Waals surface area contributed by atoms with Crippen molar-refractivity contribution in [2.45, 2.75) is 19.3 Å². The number of benzene rings is 1. The van der Waals surface area contributed by atoms with Gasteiger partial charge in [0.15, 0.2) is 0 Å². The Hall–Kier alpha value is -3.16. The van der Waals surface area contributed by atoms with E-state index >= 15 is 0 Å². The van der Waals surface area contributed by atoms with Crippen molar-refractivity contribution < 1.29 is 9.59 Å². The Morgan fingerprint density at radius 2 is 1.81 bits per heavy atom. The standard InChI is InChI=1S/C23H30N6O2/c30-22(28-15-13-27(14-16-28)20-6-2-1-3-7-20)8-9-26-23(31)19-5-4-12-29(18-19)21-17-24-10-11-25-21/h1-3,6-7,10-11,17,19H,4-5,8-9,12-16,18H2,(H,26,31). The SMILES string of the molecule is O=C(NCCC(=O)N1CCN(c2ccccc2)CC1)C1CCCN(c2cnccn2)C1. The molecule has 2 amide bonds. The lowest BCUT2D eigenvalue weighted by Gasteiger charge is -2.36. The fourth-order valence-corrected chi connectivity index (χ4v) is 4.30. The first-order valence-corrected chi connectivity index (χ1v) is 11.1. The van der Waals surface area contributed by atoms with Crippen molar-refractivity contribution in [1.29, 1.82) is 0 Å². The van der Waals surface area contributed by atoms with Crippen molar-refractivity contribution in [1.82, 2.24) is 20.2 Å². The number of carbonyl (C=O) groups excluding carboxylic acids is 2. The lowest BCUT2D eigenvalue weighted by Crippen LogP contribution is -2.49. The highest BCUT2D eigenvalue weighted by Gasteiger charge is 2.27. The highest BCUT2D eigenvalue weighted by atomic mass is 16.2. The number of hydrogen-bond acceptors (Lipinski definition) is 6. The number of piperidine rings is 1. The maximum Gasteiger partial charge on any atom is 0.224 e. The minimum Gasteiger partial charge on any atom is -0.368 e. The molecule has 0 saturated carbocycles. The molecular formula is C23H30N6O2. The highest BCUT2D eigenvalue weighted by molar-refractivity contribution is 5.81. The van der Waals surface area contributed by atoms with Crippen LogP contribution in [0.15, 0.2) is 48.9 Å². The molecule has 1 N–H and O–H groups in total. The summed E-state index contributed by atoms with van der Waals surface area (Å²) in [5.74, 6) is 0.859. The molecule has 31 heavy (non-hydrogen) atoms. The molecule has 3 heterocycles. The number of nitrogens with zero attached hydrogens (tertiary/aromatic N) is 5. The maximum atomic E-state index is 12.6. The number of piperazine rings is 1. The van der Waals surface area contributed by atoms with Crippen molar-refractivity contribution >= 4 is 23.3 Å². The summed E-state index contributed by atoms with van der Waals surface area (Å²) in [5.41, 5.74) is 1.20. The third-order valence-corrected chi connectivity index (χ3v) is 6.06. The number of nitrogens with one attached hydrogen (secondary N) is 1. The first-order valence-electron chi connectivity index (χ1n) is 11.1. The topological polar surface area (TPSA) is 81.7 Å². The van der Waals surface area contributed by atoms with E-state index in [1.807, 2.05) is 23.1 Å². The zero-order valence-corrected chi connectivity index (χ0v) is 17.8. The van der Waals surface area contributed by atoms with E-state index in [2.05, 4.69) is 37.2 Å². The molecule has 2 fully saturated rings. The number of amides is 2. The van der Waals surface area contributed by atoms with Gasteiger partial charge in [-0.15, -0.1) is 0 Å². The van der Waals surface area contributed by atoms with Crippen molar-refractivity contribution in [3.63, 3.8) is 0 Å². The van der Waals surface area contributed by atoms with Crippen molar-refractivity contribution in [3.05, 3.63) is 48.9 Å². The lowest BCUT2D eigenvalue weighted by atomic mass is 9.97. The molecule has 0 aliphatic carbocycles. The summed E-state index contributed by atoms with van der Waals surface area (Å²) < 4.78 is 0. The Labute approximate surface area is 183 Å². The van der Waals surface area contributed by atoms with Crippen LogP contribution in [0, 0.1) is 5.92 Å². The molecule has 1 unspecified atom stereocenters. The van der Waals surface area contributed by atoms with Crippen LogP contribution in [0.25, 0.3) is 0 Å². The van der Waals surface area contributed by atoms with Crippen molar-refractivity contribution in [2.24, 2.45) is 5.92 Å².